The Kier molecular flexibility index (Phi) is 6.97. The van der Waals surface area contributed by atoms with Crippen LogP contribution in [0.4, 0.5) is 8.78 Å². The van der Waals surface area contributed by atoms with Gasteiger partial charge in [0.1, 0.15) is 23.7 Å². The second-order valence-corrected chi connectivity index (χ2v) is 9.54. The highest BCUT2D eigenvalue weighted by Crippen LogP contribution is 2.34. The monoisotopic (exact) mass is 563 g/mol. The largest absolute Gasteiger partial charge is 0.492 e. The molecule has 5 rings (SSSR count). The van der Waals surface area contributed by atoms with E-state index in [9.17, 15) is 13.6 Å². The number of halogens is 3. The van der Waals surface area contributed by atoms with Crippen molar-refractivity contribution >= 4 is 21.8 Å². The lowest BCUT2D eigenvalue weighted by atomic mass is 10.1. The summed E-state index contributed by atoms with van der Waals surface area (Å²) in [5, 5.41) is 17.2. The Morgan fingerprint density at radius 2 is 1.95 bits per heavy atom. The summed E-state index contributed by atoms with van der Waals surface area (Å²) in [5.41, 5.74) is 2.90. The molecule has 10 heteroatoms. The molecule has 7 nitrogen and oxygen atoms in total. The Balaban J connectivity index is 1.48. The molecular formula is C27H20BrF2N5O2. The van der Waals surface area contributed by atoms with Gasteiger partial charge in [0.15, 0.2) is 5.82 Å². The number of ether oxygens (including phenoxy) is 1. The highest BCUT2D eigenvalue weighted by Gasteiger charge is 2.27. The van der Waals surface area contributed by atoms with Crippen LogP contribution in [0.1, 0.15) is 38.4 Å². The number of nitriles is 1. The summed E-state index contributed by atoms with van der Waals surface area (Å²) in [4.78, 5) is 15.3. The highest BCUT2D eigenvalue weighted by molar-refractivity contribution is 9.10. The first-order valence-electron chi connectivity index (χ1n) is 11.5. The van der Waals surface area contributed by atoms with Crippen molar-refractivity contribution in [1.82, 2.24) is 19.7 Å². The number of carbonyl (C=O) groups excluding carboxylic acids is 1. The maximum absolute atomic E-state index is 14.6. The van der Waals surface area contributed by atoms with Crippen molar-refractivity contribution in [1.29, 1.82) is 5.26 Å². The maximum Gasteiger partial charge on any atom is 0.258 e. The summed E-state index contributed by atoms with van der Waals surface area (Å²) in [6, 6.07) is 16.1. The number of aromatic nitrogens is 3. The van der Waals surface area contributed by atoms with E-state index in [0.29, 0.717) is 42.3 Å². The predicted molar refractivity (Wildman–Crippen MR) is 134 cm³/mol. The van der Waals surface area contributed by atoms with E-state index >= 15 is 0 Å². The van der Waals surface area contributed by atoms with Gasteiger partial charge in [-0.15, -0.1) is 10.2 Å². The van der Waals surface area contributed by atoms with E-state index in [2.05, 4.69) is 32.2 Å². The Morgan fingerprint density at radius 3 is 2.70 bits per heavy atom. The molecule has 0 spiro atoms. The van der Waals surface area contributed by atoms with Gasteiger partial charge in [0, 0.05) is 29.1 Å². The molecule has 3 aromatic carbocycles. The van der Waals surface area contributed by atoms with Crippen molar-refractivity contribution in [3.05, 3.63) is 111 Å². The summed E-state index contributed by atoms with van der Waals surface area (Å²) in [7, 11) is 0. The van der Waals surface area contributed by atoms with Crippen molar-refractivity contribution in [3.63, 3.8) is 0 Å². The van der Waals surface area contributed by atoms with E-state index < -0.39 is 11.6 Å². The van der Waals surface area contributed by atoms with Crippen molar-refractivity contribution in [2.45, 2.75) is 26.1 Å². The lowest BCUT2D eigenvalue weighted by Crippen LogP contribution is -2.32. The molecule has 37 heavy (non-hydrogen) atoms. The zero-order valence-electron chi connectivity index (χ0n) is 19.5. The smallest absolute Gasteiger partial charge is 0.258 e. The van der Waals surface area contributed by atoms with Crippen LogP contribution in [-0.4, -0.2) is 32.2 Å². The second kappa shape index (κ2) is 10.5. The number of nitrogens with zero attached hydrogens (tertiary/aromatic N) is 5. The van der Waals surface area contributed by atoms with Crippen molar-refractivity contribution in [2.75, 3.05) is 6.61 Å². The molecule has 1 aromatic heterocycles. The van der Waals surface area contributed by atoms with Crippen LogP contribution in [0.25, 0.3) is 0 Å². The quantitative estimate of drug-likeness (QED) is 0.315. The third kappa shape index (κ3) is 5.37. The van der Waals surface area contributed by atoms with E-state index in [4.69, 9.17) is 10.00 Å². The fraction of sp³-hybridized carbons (Fsp3) is 0.185. The Morgan fingerprint density at radius 1 is 1.14 bits per heavy atom. The zero-order valence-corrected chi connectivity index (χ0v) is 21.1. The lowest BCUT2D eigenvalue weighted by molar-refractivity contribution is 0.0718. The van der Waals surface area contributed by atoms with Crippen LogP contribution in [0.2, 0.25) is 0 Å². The van der Waals surface area contributed by atoms with Crippen molar-refractivity contribution in [2.24, 2.45) is 0 Å². The van der Waals surface area contributed by atoms with E-state index in [-0.39, 0.29) is 24.6 Å². The summed E-state index contributed by atoms with van der Waals surface area (Å²) >= 11 is 3.46. The predicted octanol–water partition coefficient (Wildman–Crippen LogP) is 5.02. The molecule has 1 amide bonds. The zero-order chi connectivity index (χ0) is 25.9. The first-order valence-corrected chi connectivity index (χ1v) is 12.2. The lowest BCUT2D eigenvalue weighted by Gasteiger charge is -2.24. The first-order chi connectivity index (χ1) is 17.9. The van der Waals surface area contributed by atoms with Crippen LogP contribution < -0.4 is 4.74 Å². The molecule has 1 aliphatic heterocycles. The van der Waals surface area contributed by atoms with Crippen molar-refractivity contribution in [3.8, 4) is 11.8 Å². The molecule has 0 atom stereocenters. The maximum atomic E-state index is 14.6. The summed E-state index contributed by atoms with van der Waals surface area (Å²) in [6.45, 7) is 0.789. The number of benzene rings is 3. The number of fused-ring (bicyclic) bond motifs is 1. The molecule has 0 N–H and O–H groups in total. The third-order valence-electron chi connectivity index (χ3n) is 6.11. The topological polar surface area (TPSA) is 84.0 Å². The fourth-order valence-corrected chi connectivity index (χ4v) is 4.74. The molecule has 0 aliphatic carbocycles. The molecule has 0 fully saturated rings. The number of amides is 1. The van der Waals surface area contributed by atoms with Gasteiger partial charge >= 0.3 is 0 Å². The average Bonchev–Trinajstić information content (AvgIpc) is 3.54. The minimum atomic E-state index is -0.743. The molecule has 0 unspecified atom stereocenters. The Bertz CT molecular complexity index is 1510. The average molecular weight is 564 g/mol. The van der Waals surface area contributed by atoms with Crippen LogP contribution >= 0.6 is 15.9 Å². The van der Waals surface area contributed by atoms with E-state index in [0.717, 1.165) is 27.7 Å². The van der Waals surface area contributed by atoms with Gasteiger partial charge in [-0.25, -0.2) is 8.78 Å². The van der Waals surface area contributed by atoms with Crippen LogP contribution in [-0.2, 0) is 26.1 Å². The third-order valence-corrected chi connectivity index (χ3v) is 6.56. The number of hydrogen-bond acceptors (Lipinski definition) is 5. The first kappa shape index (κ1) is 24.6. The van der Waals surface area contributed by atoms with Gasteiger partial charge in [-0.3, -0.25) is 4.79 Å². The van der Waals surface area contributed by atoms with E-state index in [1.165, 1.54) is 11.0 Å². The van der Waals surface area contributed by atoms with E-state index in [1.54, 1.807) is 29.1 Å². The molecule has 2 heterocycles. The van der Waals surface area contributed by atoms with Gasteiger partial charge in [0.05, 0.1) is 36.9 Å². The van der Waals surface area contributed by atoms with Gasteiger partial charge in [-0.05, 0) is 41.5 Å². The van der Waals surface area contributed by atoms with Crippen molar-refractivity contribution < 1.29 is 18.3 Å². The second-order valence-electron chi connectivity index (χ2n) is 8.62. The van der Waals surface area contributed by atoms with Crippen LogP contribution in [0, 0.1) is 23.0 Å². The molecule has 0 bridgehead atoms. The molecule has 0 saturated heterocycles. The number of hydrogen-bond donors (Lipinski definition) is 0. The standard InChI is InChI=1S/C27H20BrF2N5O2/c28-21-9-19-7-8-37-26(19)23(10-21)27(36)34(14-20-5-6-22(29)11-24(20)30)15-25-33-32-16-35(25)13-18-3-1-17(12-31)2-4-18/h1-6,9-11,16H,7-8,13-15H2. The van der Waals surface area contributed by atoms with Crippen LogP contribution in [0.15, 0.2) is 65.4 Å². The fourth-order valence-electron chi connectivity index (χ4n) is 4.24. The van der Waals surface area contributed by atoms with Gasteiger partial charge < -0.3 is 14.2 Å². The van der Waals surface area contributed by atoms with Crippen LogP contribution in [0.3, 0.4) is 0 Å². The SMILES string of the molecule is N#Cc1ccc(Cn2cnnc2CN(Cc2ccc(F)cc2F)C(=O)c2cc(Br)cc3c2OCC3)cc1. The molecule has 0 saturated carbocycles. The Labute approximate surface area is 220 Å². The van der Waals surface area contributed by atoms with Gasteiger partial charge in [-0.2, -0.15) is 5.26 Å². The van der Waals surface area contributed by atoms with Crippen LogP contribution in [0.5, 0.6) is 5.75 Å². The molecule has 186 valence electrons. The molecule has 0 radical (unpaired) electrons. The van der Waals surface area contributed by atoms with E-state index in [1.807, 2.05) is 18.2 Å². The normalized spacial score (nSPS) is 12.1. The van der Waals surface area contributed by atoms with Gasteiger partial charge in [-0.1, -0.05) is 34.1 Å². The summed E-state index contributed by atoms with van der Waals surface area (Å²) in [6.07, 6.45) is 2.23. The Hall–Kier alpha value is -4.10. The molecular weight excluding hydrogens is 544 g/mol. The molecule has 1 aliphatic rings. The van der Waals surface area contributed by atoms with Gasteiger partial charge in [0.25, 0.3) is 5.91 Å². The van der Waals surface area contributed by atoms with Gasteiger partial charge in [0.2, 0.25) is 0 Å². The number of rotatable bonds is 7. The highest BCUT2D eigenvalue weighted by atomic mass is 79.9. The minimum absolute atomic E-state index is 0.0210. The minimum Gasteiger partial charge on any atom is -0.492 e. The summed E-state index contributed by atoms with van der Waals surface area (Å²) < 4.78 is 36.4. The molecule has 4 aromatic rings. The number of carbonyl (C=O) groups is 1. The summed E-state index contributed by atoms with van der Waals surface area (Å²) in [5.74, 6) is -0.826.